The Hall–Kier alpha value is -1.87. The highest BCUT2D eigenvalue weighted by atomic mass is 32.2. The summed E-state index contributed by atoms with van der Waals surface area (Å²) in [6.07, 6.45) is 3.31. The molecular formula is C13H14F2N4O2S. The summed E-state index contributed by atoms with van der Waals surface area (Å²) in [5.74, 6) is -2.14. The molecule has 1 aliphatic rings. The van der Waals surface area contributed by atoms with Crippen molar-refractivity contribution in [2.24, 2.45) is 0 Å². The minimum atomic E-state index is -4.16. The standard InChI is InChI=1S/C13H14F2N4O2S/c14-9-4-3-6-11(12(9)15)22(20,21)19-7-2-1-5-10(19)13-16-8-17-18-13/h3-4,6,8,10H,1-2,5,7H2,(H,16,17,18)/t10-/m1/s1. The molecule has 0 unspecified atom stereocenters. The van der Waals surface area contributed by atoms with Gasteiger partial charge in [0.15, 0.2) is 11.6 Å². The Kier molecular flexibility index (Phi) is 3.92. The topological polar surface area (TPSA) is 79.0 Å². The third-order valence-corrected chi connectivity index (χ3v) is 5.63. The molecule has 0 spiro atoms. The highest BCUT2D eigenvalue weighted by Crippen LogP contribution is 2.34. The SMILES string of the molecule is O=S(=O)(c1cccc(F)c1F)N1CCCC[C@@H]1c1ncn[nH]1. The van der Waals surface area contributed by atoms with E-state index in [4.69, 9.17) is 0 Å². The second kappa shape index (κ2) is 5.73. The first-order valence-electron chi connectivity index (χ1n) is 6.83. The number of sulfonamides is 1. The number of nitrogens with zero attached hydrogens (tertiary/aromatic N) is 3. The van der Waals surface area contributed by atoms with Gasteiger partial charge in [-0.05, 0) is 25.0 Å². The first-order chi connectivity index (χ1) is 10.5. The van der Waals surface area contributed by atoms with Gasteiger partial charge in [-0.25, -0.2) is 22.2 Å². The van der Waals surface area contributed by atoms with E-state index in [0.717, 1.165) is 22.9 Å². The Morgan fingerprint density at radius 3 is 2.82 bits per heavy atom. The summed E-state index contributed by atoms with van der Waals surface area (Å²) >= 11 is 0. The first kappa shape index (κ1) is 15.0. The Labute approximate surface area is 126 Å². The lowest BCUT2D eigenvalue weighted by atomic mass is 10.0. The fraction of sp³-hybridized carbons (Fsp3) is 0.385. The number of nitrogens with one attached hydrogen (secondary N) is 1. The van der Waals surface area contributed by atoms with Gasteiger partial charge in [0.1, 0.15) is 17.0 Å². The van der Waals surface area contributed by atoms with Crippen LogP contribution in [0.3, 0.4) is 0 Å². The molecule has 1 aromatic carbocycles. The van der Waals surface area contributed by atoms with Gasteiger partial charge in [-0.2, -0.15) is 9.40 Å². The van der Waals surface area contributed by atoms with Crippen molar-refractivity contribution in [2.75, 3.05) is 6.54 Å². The fourth-order valence-electron chi connectivity index (χ4n) is 2.65. The van der Waals surface area contributed by atoms with E-state index in [1.807, 2.05) is 0 Å². The lowest BCUT2D eigenvalue weighted by Gasteiger charge is -2.33. The normalized spacial score (nSPS) is 20.2. The zero-order valence-corrected chi connectivity index (χ0v) is 12.4. The van der Waals surface area contributed by atoms with E-state index in [2.05, 4.69) is 15.2 Å². The number of rotatable bonds is 3. The number of aromatic nitrogens is 3. The minimum Gasteiger partial charge on any atom is -0.262 e. The molecule has 0 radical (unpaired) electrons. The average molecular weight is 328 g/mol. The van der Waals surface area contributed by atoms with Gasteiger partial charge >= 0.3 is 0 Å². The highest BCUT2D eigenvalue weighted by molar-refractivity contribution is 7.89. The van der Waals surface area contributed by atoms with Crippen molar-refractivity contribution in [3.8, 4) is 0 Å². The predicted octanol–water partition coefficient (Wildman–Crippen LogP) is 2.00. The molecule has 1 atom stereocenters. The van der Waals surface area contributed by atoms with Gasteiger partial charge in [-0.15, -0.1) is 0 Å². The van der Waals surface area contributed by atoms with Crippen molar-refractivity contribution in [3.63, 3.8) is 0 Å². The molecule has 1 N–H and O–H groups in total. The summed E-state index contributed by atoms with van der Waals surface area (Å²) in [6, 6.07) is 2.58. The second-order valence-corrected chi connectivity index (χ2v) is 6.91. The maximum Gasteiger partial charge on any atom is 0.246 e. The third kappa shape index (κ3) is 2.50. The van der Waals surface area contributed by atoms with Crippen LogP contribution in [-0.2, 0) is 10.0 Å². The van der Waals surface area contributed by atoms with Crippen molar-refractivity contribution in [1.82, 2.24) is 19.5 Å². The van der Waals surface area contributed by atoms with Crippen molar-refractivity contribution < 1.29 is 17.2 Å². The molecule has 1 fully saturated rings. The number of aromatic amines is 1. The number of H-pyrrole nitrogens is 1. The van der Waals surface area contributed by atoms with Crippen LogP contribution in [0, 0.1) is 11.6 Å². The molecule has 0 amide bonds. The summed E-state index contributed by atoms with van der Waals surface area (Å²) in [4.78, 5) is 3.34. The van der Waals surface area contributed by atoms with E-state index >= 15 is 0 Å². The first-order valence-corrected chi connectivity index (χ1v) is 8.27. The lowest BCUT2D eigenvalue weighted by Crippen LogP contribution is -2.39. The van der Waals surface area contributed by atoms with Crippen molar-refractivity contribution in [2.45, 2.75) is 30.2 Å². The number of benzene rings is 1. The van der Waals surface area contributed by atoms with Gasteiger partial charge in [-0.3, -0.25) is 5.10 Å². The zero-order valence-electron chi connectivity index (χ0n) is 11.5. The van der Waals surface area contributed by atoms with Gasteiger partial charge in [0.2, 0.25) is 10.0 Å². The molecule has 1 aromatic heterocycles. The van der Waals surface area contributed by atoms with Gasteiger partial charge < -0.3 is 0 Å². The largest absolute Gasteiger partial charge is 0.262 e. The zero-order chi connectivity index (χ0) is 15.7. The summed E-state index contributed by atoms with van der Waals surface area (Å²) in [6.45, 7) is 0.226. The van der Waals surface area contributed by atoms with Gasteiger partial charge in [0.05, 0.1) is 6.04 Å². The average Bonchev–Trinajstić information content (AvgIpc) is 3.04. The van der Waals surface area contributed by atoms with E-state index in [0.29, 0.717) is 18.7 Å². The summed E-state index contributed by atoms with van der Waals surface area (Å²) in [5.41, 5.74) is 0. The Morgan fingerprint density at radius 1 is 1.27 bits per heavy atom. The summed E-state index contributed by atoms with van der Waals surface area (Å²) in [5, 5.41) is 6.38. The highest BCUT2D eigenvalue weighted by Gasteiger charge is 2.37. The van der Waals surface area contributed by atoms with Gasteiger partial charge in [0.25, 0.3) is 0 Å². The molecule has 0 bridgehead atoms. The molecule has 6 nitrogen and oxygen atoms in total. The molecule has 1 saturated heterocycles. The van der Waals surface area contributed by atoms with Gasteiger partial charge in [0, 0.05) is 6.54 Å². The van der Waals surface area contributed by atoms with Crippen molar-refractivity contribution in [3.05, 3.63) is 42.0 Å². The molecule has 0 saturated carbocycles. The molecule has 2 heterocycles. The predicted molar refractivity (Wildman–Crippen MR) is 73.2 cm³/mol. The van der Waals surface area contributed by atoms with E-state index in [-0.39, 0.29) is 6.54 Å². The molecule has 118 valence electrons. The van der Waals surface area contributed by atoms with Crippen molar-refractivity contribution in [1.29, 1.82) is 0 Å². The quantitative estimate of drug-likeness (QED) is 0.934. The molecule has 1 aliphatic heterocycles. The Bertz CT molecular complexity index is 764. The fourth-order valence-corrected chi connectivity index (χ4v) is 4.39. The number of piperidine rings is 1. The number of halogens is 2. The molecule has 22 heavy (non-hydrogen) atoms. The van der Waals surface area contributed by atoms with E-state index in [1.165, 1.54) is 12.4 Å². The lowest BCUT2D eigenvalue weighted by molar-refractivity contribution is 0.246. The van der Waals surface area contributed by atoms with E-state index in [1.54, 1.807) is 0 Å². The maximum absolute atomic E-state index is 13.9. The Morgan fingerprint density at radius 2 is 2.09 bits per heavy atom. The molecule has 0 aliphatic carbocycles. The van der Waals surface area contributed by atoms with Crippen molar-refractivity contribution >= 4 is 10.0 Å². The van der Waals surface area contributed by atoms with Crippen LogP contribution < -0.4 is 0 Å². The molecule has 9 heteroatoms. The van der Waals surface area contributed by atoms with Crippen LogP contribution >= 0.6 is 0 Å². The maximum atomic E-state index is 13.9. The van der Waals surface area contributed by atoms with Crippen LogP contribution in [0.4, 0.5) is 8.78 Å². The molecule has 3 rings (SSSR count). The summed E-state index contributed by atoms with van der Waals surface area (Å²) < 4.78 is 53.9. The van der Waals surface area contributed by atoms with Crippen LogP contribution in [0.2, 0.25) is 0 Å². The number of hydrogen-bond donors (Lipinski definition) is 1. The van der Waals surface area contributed by atoms with E-state index in [9.17, 15) is 17.2 Å². The third-order valence-electron chi connectivity index (χ3n) is 3.71. The van der Waals surface area contributed by atoms with Crippen LogP contribution in [0.5, 0.6) is 0 Å². The Balaban J connectivity index is 2.04. The monoisotopic (exact) mass is 328 g/mol. The minimum absolute atomic E-state index is 0.226. The molecule has 2 aromatic rings. The smallest absolute Gasteiger partial charge is 0.246 e. The number of hydrogen-bond acceptors (Lipinski definition) is 4. The van der Waals surface area contributed by atoms with Crippen LogP contribution in [0.15, 0.2) is 29.4 Å². The van der Waals surface area contributed by atoms with Crippen LogP contribution in [-0.4, -0.2) is 34.4 Å². The summed E-state index contributed by atoms with van der Waals surface area (Å²) in [7, 11) is -4.16. The van der Waals surface area contributed by atoms with Crippen LogP contribution in [0.1, 0.15) is 31.1 Å². The van der Waals surface area contributed by atoms with Crippen LogP contribution in [0.25, 0.3) is 0 Å². The van der Waals surface area contributed by atoms with E-state index < -0.39 is 32.6 Å². The van der Waals surface area contributed by atoms with Gasteiger partial charge in [-0.1, -0.05) is 12.5 Å². The second-order valence-electron chi connectivity index (χ2n) is 5.05. The molecular weight excluding hydrogens is 314 g/mol.